The first-order valence-electron chi connectivity index (χ1n) is 7.79. The molecular weight excluding hydrogens is 355 g/mol. The molecule has 0 atom stereocenters. The van der Waals surface area contributed by atoms with Gasteiger partial charge in [-0.05, 0) is 31.2 Å². The van der Waals surface area contributed by atoms with Crippen molar-refractivity contribution in [1.82, 2.24) is 4.98 Å². The Balaban J connectivity index is 1.92. The predicted octanol–water partition coefficient (Wildman–Crippen LogP) is 4.53. The second-order valence-corrected chi connectivity index (χ2v) is 6.63. The highest BCUT2D eigenvalue weighted by atomic mass is 32.1. The Morgan fingerprint density at radius 2 is 1.92 bits per heavy atom. The van der Waals surface area contributed by atoms with Crippen molar-refractivity contribution in [3.63, 3.8) is 0 Å². The third-order valence-electron chi connectivity index (χ3n) is 3.75. The van der Waals surface area contributed by atoms with E-state index < -0.39 is 5.82 Å². The minimum Gasteiger partial charge on any atom is -0.497 e. The molecule has 0 unspecified atom stereocenters. The van der Waals surface area contributed by atoms with Gasteiger partial charge in [0.1, 0.15) is 28.0 Å². The van der Waals surface area contributed by atoms with Gasteiger partial charge in [-0.15, -0.1) is 11.3 Å². The molecule has 0 saturated heterocycles. The monoisotopic (exact) mass is 372 g/mol. The maximum atomic E-state index is 14.3. The average molecular weight is 372 g/mol. The number of nitrogens with zero attached hydrogens (tertiary/aromatic N) is 1. The molecule has 134 valence electrons. The van der Waals surface area contributed by atoms with Gasteiger partial charge < -0.3 is 14.8 Å². The number of ether oxygens (including phenoxy) is 2. The lowest BCUT2D eigenvalue weighted by atomic mass is 10.2. The highest BCUT2D eigenvalue weighted by Gasteiger charge is 2.21. The Kier molecular flexibility index (Phi) is 5.18. The smallest absolute Gasteiger partial charge is 0.275 e. The number of carbonyl (C=O) groups excluding carboxylic acids is 1. The van der Waals surface area contributed by atoms with E-state index in [1.54, 1.807) is 50.4 Å². The third-order valence-corrected chi connectivity index (χ3v) is 4.74. The number of aromatic nitrogens is 1. The number of aryl methyl sites for hydroxylation is 1. The number of thiazole rings is 1. The maximum Gasteiger partial charge on any atom is 0.275 e. The molecule has 0 aliphatic heterocycles. The number of rotatable bonds is 5. The van der Waals surface area contributed by atoms with Crippen LogP contribution in [0.25, 0.3) is 10.6 Å². The van der Waals surface area contributed by atoms with E-state index >= 15 is 0 Å². The molecule has 26 heavy (non-hydrogen) atoms. The topological polar surface area (TPSA) is 60.5 Å². The number of halogens is 1. The molecule has 3 rings (SSSR count). The van der Waals surface area contributed by atoms with Crippen LogP contribution >= 0.6 is 11.3 Å². The predicted molar refractivity (Wildman–Crippen MR) is 99.7 cm³/mol. The van der Waals surface area contributed by atoms with E-state index in [4.69, 9.17) is 9.47 Å². The summed E-state index contributed by atoms with van der Waals surface area (Å²) in [5.74, 6) is 0.194. The molecule has 0 fully saturated rings. The Morgan fingerprint density at radius 1 is 1.15 bits per heavy atom. The number of methoxy groups -OCH3 is 2. The minimum absolute atomic E-state index is 0.248. The SMILES string of the molecule is COc1cccc(NC(=O)c2nc(-c3c(F)cccc3OC)sc2C)c1. The van der Waals surface area contributed by atoms with Crippen LogP contribution in [0.2, 0.25) is 0 Å². The molecule has 1 amide bonds. The summed E-state index contributed by atoms with van der Waals surface area (Å²) in [7, 11) is 3.02. The third kappa shape index (κ3) is 3.52. The molecule has 2 aromatic carbocycles. The second-order valence-electron chi connectivity index (χ2n) is 5.43. The molecule has 0 radical (unpaired) electrons. The molecule has 5 nitrogen and oxygen atoms in total. The molecule has 7 heteroatoms. The van der Waals surface area contributed by atoms with Crippen molar-refractivity contribution in [3.05, 3.63) is 58.9 Å². The Bertz CT molecular complexity index is 956. The summed E-state index contributed by atoms with van der Waals surface area (Å²) in [4.78, 5) is 17.6. The second kappa shape index (κ2) is 7.53. The zero-order valence-corrected chi connectivity index (χ0v) is 15.3. The normalized spacial score (nSPS) is 10.5. The number of hydrogen-bond acceptors (Lipinski definition) is 5. The van der Waals surface area contributed by atoms with Crippen LogP contribution in [0.1, 0.15) is 15.4 Å². The fraction of sp³-hybridized carbons (Fsp3) is 0.158. The van der Waals surface area contributed by atoms with Crippen molar-refractivity contribution in [2.75, 3.05) is 19.5 Å². The van der Waals surface area contributed by atoms with Crippen molar-refractivity contribution < 1.29 is 18.7 Å². The molecule has 0 spiro atoms. The van der Waals surface area contributed by atoms with E-state index in [1.165, 1.54) is 24.5 Å². The van der Waals surface area contributed by atoms with E-state index in [9.17, 15) is 9.18 Å². The Labute approximate surface area is 154 Å². The van der Waals surface area contributed by atoms with Gasteiger partial charge in [0.2, 0.25) is 0 Å². The molecule has 0 aliphatic rings. The lowest BCUT2D eigenvalue weighted by Gasteiger charge is -2.07. The zero-order valence-electron chi connectivity index (χ0n) is 14.5. The standard InChI is InChI=1S/C19H17FN2O3S/c1-11-17(18(23)21-12-6-4-7-13(10-12)24-2)22-19(26-11)16-14(20)8-5-9-15(16)25-3/h4-10H,1-3H3,(H,21,23). The fourth-order valence-electron chi connectivity index (χ4n) is 2.49. The number of hydrogen-bond donors (Lipinski definition) is 1. The molecule has 1 N–H and O–H groups in total. The van der Waals surface area contributed by atoms with Crippen molar-refractivity contribution >= 4 is 22.9 Å². The van der Waals surface area contributed by atoms with Gasteiger partial charge in [0.25, 0.3) is 5.91 Å². The van der Waals surface area contributed by atoms with Crippen LogP contribution in [0.5, 0.6) is 11.5 Å². The summed E-state index contributed by atoms with van der Waals surface area (Å²) in [6.45, 7) is 1.77. The molecule has 3 aromatic rings. The van der Waals surface area contributed by atoms with Crippen molar-refractivity contribution in [2.24, 2.45) is 0 Å². The van der Waals surface area contributed by atoms with Crippen LogP contribution < -0.4 is 14.8 Å². The van der Waals surface area contributed by atoms with Crippen molar-refractivity contribution in [2.45, 2.75) is 6.92 Å². The van der Waals surface area contributed by atoms with E-state index in [-0.39, 0.29) is 17.2 Å². The summed E-state index contributed by atoms with van der Waals surface area (Å²) in [5, 5.41) is 3.18. The van der Waals surface area contributed by atoms with Crippen LogP contribution in [0.15, 0.2) is 42.5 Å². The number of carbonyl (C=O) groups is 1. The molecule has 0 saturated carbocycles. The number of nitrogens with one attached hydrogen (secondary N) is 1. The van der Waals surface area contributed by atoms with Crippen LogP contribution in [0.3, 0.4) is 0 Å². The minimum atomic E-state index is -0.446. The summed E-state index contributed by atoms with van der Waals surface area (Å²) in [6, 6.07) is 11.6. The van der Waals surface area contributed by atoms with Gasteiger partial charge >= 0.3 is 0 Å². The maximum absolute atomic E-state index is 14.3. The summed E-state index contributed by atoms with van der Waals surface area (Å²) < 4.78 is 24.6. The first-order chi connectivity index (χ1) is 12.5. The lowest BCUT2D eigenvalue weighted by Crippen LogP contribution is -2.13. The number of benzene rings is 2. The van der Waals surface area contributed by atoms with E-state index in [2.05, 4.69) is 10.3 Å². The van der Waals surface area contributed by atoms with E-state index in [0.717, 1.165) is 0 Å². The lowest BCUT2D eigenvalue weighted by molar-refractivity contribution is 0.102. The first-order valence-corrected chi connectivity index (χ1v) is 8.61. The molecule has 1 aromatic heterocycles. The summed E-state index contributed by atoms with van der Waals surface area (Å²) in [6.07, 6.45) is 0. The molecular formula is C19H17FN2O3S. The van der Waals surface area contributed by atoms with Gasteiger partial charge in [-0.3, -0.25) is 4.79 Å². The molecule has 0 bridgehead atoms. The summed E-state index contributed by atoms with van der Waals surface area (Å²) in [5.41, 5.74) is 1.09. The van der Waals surface area contributed by atoms with Crippen molar-refractivity contribution in [3.8, 4) is 22.1 Å². The van der Waals surface area contributed by atoms with Crippen LogP contribution in [0, 0.1) is 12.7 Å². The van der Waals surface area contributed by atoms with Gasteiger partial charge in [0, 0.05) is 16.6 Å². The number of anilines is 1. The average Bonchev–Trinajstić information content (AvgIpc) is 3.02. The highest BCUT2D eigenvalue weighted by Crippen LogP contribution is 2.36. The van der Waals surface area contributed by atoms with Gasteiger partial charge in [0.15, 0.2) is 0 Å². The highest BCUT2D eigenvalue weighted by molar-refractivity contribution is 7.15. The Morgan fingerprint density at radius 3 is 2.65 bits per heavy atom. The quantitative estimate of drug-likeness (QED) is 0.715. The zero-order chi connectivity index (χ0) is 18.7. The molecule has 1 heterocycles. The number of amides is 1. The van der Waals surface area contributed by atoms with Crippen molar-refractivity contribution in [1.29, 1.82) is 0 Å². The fourth-order valence-corrected chi connectivity index (χ4v) is 3.45. The van der Waals surface area contributed by atoms with Gasteiger partial charge in [-0.1, -0.05) is 12.1 Å². The van der Waals surface area contributed by atoms with Crippen LogP contribution in [-0.4, -0.2) is 25.1 Å². The van der Waals surface area contributed by atoms with E-state index in [1.807, 2.05) is 0 Å². The largest absolute Gasteiger partial charge is 0.497 e. The van der Waals surface area contributed by atoms with Gasteiger partial charge in [0.05, 0.1) is 19.8 Å². The van der Waals surface area contributed by atoms with Gasteiger partial charge in [-0.2, -0.15) is 0 Å². The van der Waals surface area contributed by atoms with Crippen LogP contribution in [-0.2, 0) is 0 Å². The van der Waals surface area contributed by atoms with E-state index in [0.29, 0.717) is 27.1 Å². The first kappa shape index (κ1) is 17.9. The summed E-state index contributed by atoms with van der Waals surface area (Å²) >= 11 is 1.24. The van der Waals surface area contributed by atoms with Gasteiger partial charge in [-0.25, -0.2) is 9.37 Å². The Hall–Kier alpha value is -2.93. The molecule has 0 aliphatic carbocycles. The van der Waals surface area contributed by atoms with Crippen LogP contribution in [0.4, 0.5) is 10.1 Å².